The SMILES string of the molecule is CN(C)CCSc1c(N2CCN(S(=O)(=O)c3cc(Cl)c(Cl)cc3Cl)CC2)cnn(-c2ccccc2)c1=O. The molecule has 1 saturated heterocycles. The quantitative estimate of drug-likeness (QED) is 0.280. The highest BCUT2D eigenvalue weighted by molar-refractivity contribution is 7.99. The van der Waals surface area contributed by atoms with E-state index in [1.807, 2.05) is 49.3 Å². The van der Waals surface area contributed by atoms with Crippen LogP contribution in [-0.2, 0) is 10.0 Å². The summed E-state index contributed by atoms with van der Waals surface area (Å²) in [4.78, 5) is 18.1. The minimum Gasteiger partial charge on any atom is -0.367 e. The Morgan fingerprint density at radius 3 is 2.27 bits per heavy atom. The molecule has 0 unspecified atom stereocenters. The molecular formula is C24H26Cl3N5O3S2. The van der Waals surface area contributed by atoms with E-state index >= 15 is 0 Å². The number of para-hydroxylation sites is 1. The molecule has 2 aromatic carbocycles. The largest absolute Gasteiger partial charge is 0.367 e. The van der Waals surface area contributed by atoms with Crippen molar-refractivity contribution in [2.45, 2.75) is 9.79 Å². The van der Waals surface area contributed by atoms with E-state index in [0.29, 0.717) is 29.4 Å². The third-order valence-corrected chi connectivity index (χ3v) is 10.0. The van der Waals surface area contributed by atoms with E-state index in [9.17, 15) is 13.2 Å². The van der Waals surface area contributed by atoms with Crippen LogP contribution in [0.15, 0.2) is 63.2 Å². The van der Waals surface area contributed by atoms with Crippen molar-refractivity contribution in [3.63, 3.8) is 0 Å². The first kappa shape index (κ1) is 28.2. The van der Waals surface area contributed by atoms with E-state index in [-0.39, 0.29) is 38.6 Å². The molecule has 0 amide bonds. The number of hydrogen-bond donors (Lipinski definition) is 0. The molecule has 4 rings (SSSR count). The maximum absolute atomic E-state index is 13.5. The van der Waals surface area contributed by atoms with E-state index in [1.165, 1.54) is 32.9 Å². The number of sulfonamides is 1. The van der Waals surface area contributed by atoms with Crippen LogP contribution in [0.25, 0.3) is 5.69 Å². The van der Waals surface area contributed by atoms with Gasteiger partial charge in [0, 0.05) is 38.5 Å². The lowest BCUT2D eigenvalue weighted by atomic mass is 10.3. The number of halogens is 3. The molecule has 8 nitrogen and oxygen atoms in total. The minimum atomic E-state index is -3.88. The lowest BCUT2D eigenvalue weighted by Gasteiger charge is -2.36. The van der Waals surface area contributed by atoms with Crippen LogP contribution >= 0.6 is 46.6 Å². The van der Waals surface area contributed by atoms with Gasteiger partial charge in [0.1, 0.15) is 4.90 Å². The number of thioether (sulfide) groups is 1. The summed E-state index contributed by atoms with van der Waals surface area (Å²) in [6, 6.07) is 11.9. The van der Waals surface area contributed by atoms with Crippen LogP contribution < -0.4 is 10.5 Å². The zero-order chi connectivity index (χ0) is 26.7. The number of rotatable bonds is 8. The van der Waals surface area contributed by atoms with Crippen molar-refractivity contribution < 1.29 is 8.42 Å². The summed E-state index contributed by atoms with van der Waals surface area (Å²) in [5, 5.41) is 4.76. The Morgan fingerprint density at radius 1 is 0.973 bits per heavy atom. The molecule has 1 fully saturated rings. The summed E-state index contributed by atoms with van der Waals surface area (Å²) >= 11 is 19.7. The number of piperazine rings is 1. The summed E-state index contributed by atoms with van der Waals surface area (Å²) in [5.74, 6) is 0.720. The third-order valence-electron chi connectivity index (χ3n) is 5.87. The van der Waals surface area contributed by atoms with Crippen molar-refractivity contribution in [2.75, 3.05) is 57.5 Å². The summed E-state index contributed by atoms with van der Waals surface area (Å²) in [6.45, 7) is 1.99. The van der Waals surface area contributed by atoms with Gasteiger partial charge in [-0.3, -0.25) is 4.79 Å². The monoisotopic (exact) mass is 601 g/mol. The van der Waals surface area contributed by atoms with E-state index in [4.69, 9.17) is 34.8 Å². The van der Waals surface area contributed by atoms with Crippen molar-refractivity contribution >= 4 is 62.3 Å². The number of nitrogens with zero attached hydrogens (tertiary/aromatic N) is 5. The number of hydrogen-bond acceptors (Lipinski definition) is 7. The van der Waals surface area contributed by atoms with Gasteiger partial charge >= 0.3 is 0 Å². The van der Waals surface area contributed by atoms with Gasteiger partial charge in [-0.15, -0.1) is 11.8 Å². The van der Waals surface area contributed by atoms with Crippen molar-refractivity contribution in [3.8, 4) is 5.69 Å². The summed E-state index contributed by atoms with van der Waals surface area (Å²) in [6.07, 6.45) is 1.69. The van der Waals surface area contributed by atoms with Crippen LogP contribution in [0.5, 0.6) is 0 Å². The van der Waals surface area contributed by atoms with Crippen molar-refractivity contribution in [1.82, 2.24) is 19.0 Å². The van der Waals surface area contributed by atoms with Crippen LogP contribution in [0.2, 0.25) is 15.1 Å². The van der Waals surface area contributed by atoms with Gasteiger partial charge in [0.25, 0.3) is 5.56 Å². The second-order valence-electron chi connectivity index (χ2n) is 8.65. The minimum absolute atomic E-state index is 0.0186. The maximum atomic E-state index is 13.5. The zero-order valence-corrected chi connectivity index (χ0v) is 24.2. The van der Waals surface area contributed by atoms with Crippen LogP contribution in [0.1, 0.15) is 0 Å². The summed E-state index contributed by atoms with van der Waals surface area (Å²) < 4.78 is 29.3. The number of anilines is 1. The van der Waals surface area contributed by atoms with Crippen molar-refractivity contribution in [1.29, 1.82) is 0 Å². The third kappa shape index (κ3) is 6.27. The molecule has 3 aromatic rings. The second-order valence-corrected chi connectivity index (χ2v) is 12.9. The van der Waals surface area contributed by atoms with Crippen LogP contribution in [-0.4, -0.2) is 80.0 Å². The van der Waals surface area contributed by atoms with E-state index < -0.39 is 10.0 Å². The number of benzene rings is 2. The molecule has 13 heteroatoms. The Bertz CT molecular complexity index is 1430. The Morgan fingerprint density at radius 2 is 1.62 bits per heavy atom. The van der Waals surface area contributed by atoms with Gasteiger partial charge in [0.2, 0.25) is 10.0 Å². The van der Waals surface area contributed by atoms with E-state index in [2.05, 4.69) is 10.00 Å². The lowest BCUT2D eigenvalue weighted by Crippen LogP contribution is -2.49. The Labute approximate surface area is 235 Å². The van der Waals surface area contributed by atoms with Crippen molar-refractivity contribution in [3.05, 3.63) is 74.1 Å². The van der Waals surface area contributed by atoms with Gasteiger partial charge in [-0.25, -0.2) is 8.42 Å². The van der Waals surface area contributed by atoms with E-state index in [1.54, 1.807) is 6.20 Å². The Kier molecular flexibility index (Phi) is 9.11. The molecule has 0 N–H and O–H groups in total. The van der Waals surface area contributed by atoms with Gasteiger partial charge in [-0.05, 0) is 38.4 Å². The molecule has 0 spiro atoms. The zero-order valence-electron chi connectivity index (χ0n) is 20.3. The molecular weight excluding hydrogens is 577 g/mol. The van der Waals surface area contributed by atoms with Gasteiger partial charge in [0.15, 0.2) is 0 Å². The Balaban J connectivity index is 1.59. The van der Waals surface area contributed by atoms with Gasteiger partial charge in [-0.2, -0.15) is 14.1 Å². The molecule has 1 aliphatic rings. The highest BCUT2D eigenvalue weighted by Crippen LogP contribution is 2.34. The molecule has 2 heterocycles. The smallest absolute Gasteiger partial charge is 0.287 e. The van der Waals surface area contributed by atoms with Gasteiger partial charge in [0.05, 0.1) is 37.5 Å². The molecule has 0 radical (unpaired) electrons. The van der Waals surface area contributed by atoms with E-state index in [0.717, 1.165) is 12.3 Å². The first-order chi connectivity index (χ1) is 17.6. The normalized spacial score (nSPS) is 14.9. The summed E-state index contributed by atoms with van der Waals surface area (Å²) in [7, 11) is 0.0815. The fourth-order valence-corrected chi connectivity index (χ4v) is 7.48. The summed E-state index contributed by atoms with van der Waals surface area (Å²) in [5.41, 5.74) is 1.18. The fraction of sp³-hybridized carbons (Fsp3) is 0.333. The highest BCUT2D eigenvalue weighted by atomic mass is 35.5. The maximum Gasteiger partial charge on any atom is 0.287 e. The first-order valence-electron chi connectivity index (χ1n) is 11.4. The predicted molar refractivity (Wildman–Crippen MR) is 152 cm³/mol. The molecule has 0 bridgehead atoms. The average Bonchev–Trinajstić information content (AvgIpc) is 2.87. The lowest BCUT2D eigenvalue weighted by molar-refractivity contribution is 0.384. The fourth-order valence-electron chi connectivity index (χ4n) is 3.88. The second kappa shape index (κ2) is 11.9. The molecule has 0 aliphatic carbocycles. The molecule has 1 aromatic heterocycles. The average molecular weight is 603 g/mol. The standard InChI is InChI=1S/C24H26Cl3N5O3S2/c1-29(2)12-13-36-23-21(16-28-32(24(23)33)17-6-4-3-5-7-17)30-8-10-31(11-9-30)37(34,35)22-15-19(26)18(25)14-20(22)27/h3-7,14-16H,8-13H2,1-2H3. The molecule has 1 aliphatic heterocycles. The van der Waals surface area contributed by atoms with Crippen molar-refractivity contribution in [2.24, 2.45) is 0 Å². The topological polar surface area (TPSA) is 78.8 Å². The first-order valence-corrected chi connectivity index (χ1v) is 15.0. The molecule has 0 saturated carbocycles. The molecule has 37 heavy (non-hydrogen) atoms. The number of aromatic nitrogens is 2. The van der Waals surface area contributed by atoms with Crippen LogP contribution in [0.4, 0.5) is 5.69 Å². The predicted octanol–water partition coefficient (Wildman–Crippen LogP) is 4.36. The van der Waals surface area contributed by atoms with Gasteiger partial charge in [-0.1, -0.05) is 53.0 Å². The molecule has 0 atom stereocenters. The van der Waals surface area contributed by atoms with Crippen LogP contribution in [0.3, 0.4) is 0 Å². The Hall–Kier alpha value is -1.79. The van der Waals surface area contributed by atoms with Gasteiger partial charge < -0.3 is 9.80 Å². The van der Waals surface area contributed by atoms with Crippen LogP contribution in [0, 0.1) is 0 Å². The highest BCUT2D eigenvalue weighted by Gasteiger charge is 2.32. The molecule has 198 valence electrons.